The van der Waals surface area contributed by atoms with E-state index in [0.29, 0.717) is 11.8 Å². The number of nitrogens with zero attached hydrogens (tertiary/aromatic N) is 3. The van der Waals surface area contributed by atoms with E-state index in [2.05, 4.69) is 20.1 Å². The fourth-order valence-electron chi connectivity index (χ4n) is 3.21. The van der Waals surface area contributed by atoms with Crippen LogP contribution >= 0.6 is 24.0 Å². The Hall–Kier alpha value is -1.09. The predicted octanol–water partition coefficient (Wildman–Crippen LogP) is 2.32. The van der Waals surface area contributed by atoms with Crippen LogP contribution in [0.2, 0.25) is 0 Å². The molecular weight excluding hydrogens is 422 g/mol. The van der Waals surface area contributed by atoms with Crippen molar-refractivity contribution in [2.75, 3.05) is 51.3 Å². The maximum absolute atomic E-state index is 13.9. The van der Waals surface area contributed by atoms with E-state index in [1.54, 1.807) is 13.1 Å². The molecule has 24 heavy (non-hydrogen) atoms. The Kier molecular flexibility index (Phi) is 7.54. The summed E-state index contributed by atoms with van der Waals surface area (Å²) in [6.45, 7) is 4.93. The topological polar surface area (TPSA) is 40.1 Å². The van der Waals surface area contributed by atoms with E-state index in [4.69, 9.17) is 4.74 Å². The number of ether oxygens (including phenoxy) is 1. The molecule has 1 aromatic rings. The smallest absolute Gasteiger partial charge is 0.193 e. The average molecular weight is 448 g/mol. The lowest BCUT2D eigenvalue weighted by atomic mass is 10.2. The molecule has 0 amide bonds. The maximum atomic E-state index is 13.9. The minimum Gasteiger partial charge on any atom is -0.376 e. The summed E-state index contributed by atoms with van der Waals surface area (Å²) in [5.74, 6) is 0.760. The molecule has 1 aromatic carbocycles. The Morgan fingerprint density at radius 1 is 1.29 bits per heavy atom. The SMILES string of the molecule is CN=C(NCC1CCCO1)N1CCN(c2ccccc2F)CC1.I. The van der Waals surface area contributed by atoms with Gasteiger partial charge in [0.2, 0.25) is 0 Å². The van der Waals surface area contributed by atoms with Gasteiger partial charge < -0.3 is 19.9 Å². The first-order chi connectivity index (χ1) is 11.3. The highest BCUT2D eigenvalue weighted by atomic mass is 127. The number of hydrogen-bond acceptors (Lipinski definition) is 3. The summed E-state index contributed by atoms with van der Waals surface area (Å²) >= 11 is 0. The summed E-state index contributed by atoms with van der Waals surface area (Å²) in [5, 5.41) is 3.41. The zero-order chi connectivity index (χ0) is 16.1. The maximum Gasteiger partial charge on any atom is 0.193 e. The van der Waals surface area contributed by atoms with E-state index in [-0.39, 0.29) is 29.8 Å². The van der Waals surface area contributed by atoms with Gasteiger partial charge in [-0.2, -0.15) is 0 Å². The minimum atomic E-state index is -0.151. The highest BCUT2D eigenvalue weighted by Crippen LogP contribution is 2.20. The lowest BCUT2D eigenvalue weighted by molar-refractivity contribution is 0.113. The number of rotatable bonds is 3. The van der Waals surface area contributed by atoms with Gasteiger partial charge in [0.05, 0.1) is 11.8 Å². The largest absolute Gasteiger partial charge is 0.376 e. The number of halogens is 2. The van der Waals surface area contributed by atoms with Gasteiger partial charge in [-0.1, -0.05) is 12.1 Å². The lowest BCUT2D eigenvalue weighted by Crippen LogP contribution is -2.53. The van der Waals surface area contributed by atoms with Crippen LogP contribution in [0.5, 0.6) is 0 Å². The lowest BCUT2D eigenvalue weighted by Gasteiger charge is -2.38. The van der Waals surface area contributed by atoms with Crippen molar-refractivity contribution in [3.05, 3.63) is 30.1 Å². The molecule has 0 bridgehead atoms. The zero-order valence-electron chi connectivity index (χ0n) is 14.1. The number of guanidine groups is 1. The van der Waals surface area contributed by atoms with Gasteiger partial charge in [0.25, 0.3) is 0 Å². The van der Waals surface area contributed by atoms with Crippen molar-refractivity contribution in [1.29, 1.82) is 0 Å². The van der Waals surface area contributed by atoms with Crippen LogP contribution < -0.4 is 10.2 Å². The van der Waals surface area contributed by atoms with Crippen molar-refractivity contribution in [3.8, 4) is 0 Å². The second-order valence-electron chi connectivity index (χ2n) is 5.99. The highest BCUT2D eigenvalue weighted by Gasteiger charge is 2.22. The summed E-state index contributed by atoms with van der Waals surface area (Å²) < 4.78 is 19.5. The Morgan fingerprint density at radius 3 is 2.67 bits per heavy atom. The normalized spacial score (nSPS) is 21.6. The van der Waals surface area contributed by atoms with Crippen molar-refractivity contribution in [3.63, 3.8) is 0 Å². The summed E-state index contributed by atoms with van der Waals surface area (Å²) in [6.07, 6.45) is 2.56. The first kappa shape index (κ1) is 19.2. The van der Waals surface area contributed by atoms with Crippen molar-refractivity contribution in [2.24, 2.45) is 4.99 Å². The summed E-state index contributed by atoms with van der Waals surface area (Å²) in [7, 11) is 1.81. The number of benzene rings is 1. The fourth-order valence-corrected chi connectivity index (χ4v) is 3.21. The van der Waals surface area contributed by atoms with Crippen LogP contribution in [0.1, 0.15) is 12.8 Å². The molecule has 2 heterocycles. The summed E-state index contributed by atoms with van der Waals surface area (Å²) in [5.41, 5.74) is 0.689. The van der Waals surface area contributed by atoms with Gasteiger partial charge in [0, 0.05) is 46.4 Å². The molecule has 134 valence electrons. The van der Waals surface area contributed by atoms with Crippen LogP contribution in [0.4, 0.5) is 10.1 Å². The quantitative estimate of drug-likeness (QED) is 0.438. The van der Waals surface area contributed by atoms with Crippen LogP contribution in [-0.4, -0.2) is 63.3 Å². The van der Waals surface area contributed by atoms with Crippen LogP contribution in [0, 0.1) is 5.82 Å². The van der Waals surface area contributed by atoms with E-state index in [9.17, 15) is 4.39 Å². The van der Waals surface area contributed by atoms with Crippen molar-refractivity contribution in [1.82, 2.24) is 10.2 Å². The van der Waals surface area contributed by atoms with E-state index >= 15 is 0 Å². The number of nitrogens with one attached hydrogen (secondary N) is 1. The van der Waals surface area contributed by atoms with Gasteiger partial charge in [-0.25, -0.2) is 4.39 Å². The molecule has 0 radical (unpaired) electrons. The van der Waals surface area contributed by atoms with E-state index in [0.717, 1.165) is 58.1 Å². The zero-order valence-corrected chi connectivity index (χ0v) is 16.4. The van der Waals surface area contributed by atoms with Crippen molar-refractivity contribution < 1.29 is 9.13 Å². The van der Waals surface area contributed by atoms with Gasteiger partial charge >= 0.3 is 0 Å². The number of para-hydroxylation sites is 1. The molecule has 2 aliphatic rings. The Labute approximate surface area is 160 Å². The minimum absolute atomic E-state index is 0. The number of hydrogen-bond donors (Lipinski definition) is 1. The van der Waals surface area contributed by atoms with Gasteiger partial charge in [-0.3, -0.25) is 4.99 Å². The van der Waals surface area contributed by atoms with Gasteiger partial charge in [0.1, 0.15) is 5.82 Å². The van der Waals surface area contributed by atoms with Crippen LogP contribution in [0.3, 0.4) is 0 Å². The van der Waals surface area contributed by atoms with Crippen LogP contribution in [0.15, 0.2) is 29.3 Å². The van der Waals surface area contributed by atoms with E-state index < -0.39 is 0 Å². The number of anilines is 1. The molecule has 1 atom stereocenters. The molecule has 5 nitrogen and oxygen atoms in total. The van der Waals surface area contributed by atoms with Crippen LogP contribution in [0.25, 0.3) is 0 Å². The van der Waals surface area contributed by atoms with Gasteiger partial charge in [-0.15, -0.1) is 24.0 Å². The first-order valence-corrected chi connectivity index (χ1v) is 8.34. The molecule has 2 fully saturated rings. The van der Waals surface area contributed by atoms with E-state index in [1.807, 2.05) is 12.1 Å². The third kappa shape index (κ3) is 4.72. The fraction of sp³-hybridized carbons (Fsp3) is 0.588. The van der Waals surface area contributed by atoms with E-state index in [1.165, 1.54) is 6.07 Å². The monoisotopic (exact) mass is 448 g/mol. The molecule has 7 heteroatoms. The predicted molar refractivity (Wildman–Crippen MR) is 106 cm³/mol. The second kappa shape index (κ2) is 9.41. The molecule has 3 rings (SSSR count). The summed E-state index contributed by atoms with van der Waals surface area (Å²) in [6, 6.07) is 6.97. The molecule has 1 N–H and O–H groups in total. The number of piperazine rings is 1. The van der Waals surface area contributed by atoms with Crippen molar-refractivity contribution in [2.45, 2.75) is 18.9 Å². The third-order valence-corrected chi connectivity index (χ3v) is 4.50. The number of aliphatic imine (C=N–C) groups is 1. The third-order valence-electron chi connectivity index (χ3n) is 4.50. The Morgan fingerprint density at radius 2 is 2.04 bits per heavy atom. The molecular formula is C17H26FIN4O. The second-order valence-corrected chi connectivity index (χ2v) is 5.99. The van der Waals surface area contributed by atoms with Gasteiger partial charge in [-0.05, 0) is 25.0 Å². The van der Waals surface area contributed by atoms with Crippen LogP contribution in [-0.2, 0) is 4.74 Å². The first-order valence-electron chi connectivity index (χ1n) is 8.34. The molecule has 0 spiro atoms. The molecule has 0 saturated carbocycles. The molecule has 1 unspecified atom stereocenters. The summed E-state index contributed by atoms with van der Waals surface area (Å²) in [4.78, 5) is 8.70. The van der Waals surface area contributed by atoms with Crippen molar-refractivity contribution >= 4 is 35.6 Å². The molecule has 0 aromatic heterocycles. The Bertz CT molecular complexity index is 543. The average Bonchev–Trinajstić information content (AvgIpc) is 3.10. The Balaban J connectivity index is 0.00000208. The highest BCUT2D eigenvalue weighted by molar-refractivity contribution is 14.0. The molecule has 2 aliphatic heterocycles. The molecule has 0 aliphatic carbocycles. The molecule has 2 saturated heterocycles. The van der Waals surface area contributed by atoms with Gasteiger partial charge in [0.15, 0.2) is 5.96 Å². The standard InChI is InChI=1S/C17H25FN4O.HI/c1-19-17(20-13-14-5-4-12-23-14)22-10-8-21(9-11-22)16-7-3-2-6-15(16)18;/h2-3,6-7,14H,4-5,8-13H2,1H3,(H,19,20);1H.